The third-order valence-electron chi connectivity index (χ3n) is 6.54. The first-order chi connectivity index (χ1) is 17.1. The zero-order valence-corrected chi connectivity index (χ0v) is 19.9. The highest BCUT2D eigenvalue weighted by Crippen LogP contribution is 2.33. The third-order valence-corrected chi connectivity index (χ3v) is 6.54. The van der Waals surface area contributed by atoms with Gasteiger partial charge in [0.25, 0.3) is 0 Å². The molecule has 5 rings (SSSR count). The largest absolute Gasteiger partial charge is 0.497 e. The molecule has 0 radical (unpaired) electrons. The van der Waals surface area contributed by atoms with E-state index in [0.717, 1.165) is 48.5 Å². The van der Waals surface area contributed by atoms with Crippen LogP contribution in [0, 0.1) is 5.82 Å². The van der Waals surface area contributed by atoms with Crippen LogP contribution in [0.2, 0.25) is 0 Å². The average molecular weight is 477 g/mol. The molecule has 7 nitrogen and oxygen atoms in total. The molecule has 0 unspecified atom stereocenters. The minimum atomic E-state index is -0.310. The summed E-state index contributed by atoms with van der Waals surface area (Å²) >= 11 is 0. The Bertz CT molecular complexity index is 1180. The van der Waals surface area contributed by atoms with E-state index in [1.54, 1.807) is 24.1 Å². The summed E-state index contributed by atoms with van der Waals surface area (Å²) in [5, 5.41) is 0. The molecule has 1 amide bonds. The summed E-state index contributed by atoms with van der Waals surface area (Å²) in [4.78, 5) is 26.8. The molecule has 2 aromatic carbocycles. The minimum absolute atomic E-state index is 0.0160. The number of hydrogen-bond donors (Lipinski definition) is 0. The number of anilines is 1. The van der Waals surface area contributed by atoms with Gasteiger partial charge in [-0.3, -0.25) is 4.79 Å². The van der Waals surface area contributed by atoms with Crippen molar-refractivity contribution in [1.82, 2.24) is 14.9 Å². The van der Waals surface area contributed by atoms with Gasteiger partial charge in [0.1, 0.15) is 17.3 Å². The number of benzene rings is 2. The van der Waals surface area contributed by atoms with Crippen molar-refractivity contribution in [2.75, 3.05) is 31.6 Å². The molecule has 2 aliphatic rings. The van der Waals surface area contributed by atoms with Crippen LogP contribution in [-0.4, -0.2) is 47.5 Å². The highest BCUT2D eigenvalue weighted by Gasteiger charge is 2.28. The number of carbonyl (C=O) groups is 1. The number of amides is 1. The standard InChI is InChI=1S/C27H29FN4O3/c1-34-21-9-11-22(12-10-21)35-26-23-18-32(25(33)17-19-5-7-20(28)8-6-19)16-13-24(23)29-27(30-26)31-14-3-2-4-15-31/h5-12H,2-4,13-18H2,1H3. The maximum atomic E-state index is 13.2. The Morgan fingerprint density at radius 2 is 1.66 bits per heavy atom. The molecule has 3 aromatic rings. The summed E-state index contributed by atoms with van der Waals surface area (Å²) < 4.78 is 24.7. The van der Waals surface area contributed by atoms with Gasteiger partial charge in [0.15, 0.2) is 0 Å². The lowest BCUT2D eigenvalue weighted by atomic mass is 10.0. The van der Waals surface area contributed by atoms with Gasteiger partial charge in [-0.05, 0) is 61.2 Å². The number of fused-ring (bicyclic) bond motifs is 1. The summed E-state index contributed by atoms with van der Waals surface area (Å²) in [6, 6.07) is 13.4. The number of piperidine rings is 1. The van der Waals surface area contributed by atoms with Crippen molar-refractivity contribution < 1.29 is 18.7 Å². The molecule has 0 N–H and O–H groups in total. The van der Waals surface area contributed by atoms with Crippen molar-refractivity contribution in [3.63, 3.8) is 0 Å². The number of halogens is 1. The SMILES string of the molecule is COc1ccc(Oc2nc(N3CCCCC3)nc3c2CN(C(=O)Cc2ccc(F)cc2)CC3)cc1. The molecule has 0 aliphatic carbocycles. The van der Waals surface area contributed by atoms with Crippen LogP contribution >= 0.6 is 0 Å². The van der Waals surface area contributed by atoms with Gasteiger partial charge in [0, 0.05) is 26.1 Å². The van der Waals surface area contributed by atoms with Gasteiger partial charge in [-0.1, -0.05) is 12.1 Å². The topological polar surface area (TPSA) is 67.8 Å². The normalized spacial score (nSPS) is 15.5. The van der Waals surface area contributed by atoms with Gasteiger partial charge in [-0.15, -0.1) is 0 Å². The molecule has 1 aromatic heterocycles. The van der Waals surface area contributed by atoms with Crippen molar-refractivity contribution in [2.24, 2.45) is 0 Å². The number of nitrogens with zero attached hydrogens (tertiary/aromatic N) is 4. The van der Waals surface area contributed by atoms with Gasteiger partial charge in [0.2, 0.25) is 17.7 Å². The predicted molar refractivity (Wildman–Crippen MR) is 130 cm³/mol. The van der Waals surface area contributed by atoms with E-state index in [1.807, 2.05) is 24.3 Å². The first-order valence-corrected chi connectivity index (χ1v) is 12.1. The molecule has 1 fully saturated rings. The Kier molecular flexibility index (Phi) is 6.79. The quantitative estimate of drug-likeness (QED) is 0.521. The molecule has 35 heavy (non-hydrogen) atoms. The van der Waals surface area contributed by atoms with E-state index < -0.39 is 0 Å². The molecular formula is C27H29FN4O3. The van der Waals surface area contributed by atoms with E-state index in [1.165, 1.54) is 18.6 Å². The number of methoxy groups -OCH3 is 1. The average Bonchev–Trinajstić information content (AvgIpc) is 2.90. The molecule has 3 heterocycles. The fraction of sp³-hybridized carbons (Fsp3) is 0.370. The monoisotopic (exact) mass is 476 g/mol. The lowest BCUT2D eigenvalue weighted by Crippen LogP contribution is -2.38. The van der Waals surface area contributed by atoms with Gasteiger partial charge >= 0.3 is 0 Å². The summed E-state index contributed by atoms with van der Waals surface area (Å²) in [5.74, 6) is 2.24. The van der Waals surface area contributed by atoms with Crippen LogP contribution in [0.3, 0.4) is 0 Å². The maximum absolute atomic E-state index is 13.2. The number of ether oxygens (including phenoxy) is 2. The number of carbonyl (C=O) groups excluding carboxylic acids is 1. The van der Waals surface area contributed by atoms with E-state index in [-0.39, 0.29) is 18.1 Å². The number of hydrogen-bond acceptors (Lipinski definition) is 6. The predicted octanol–water partition coefficient (Wildman–Crippen LogP) is 4.53. The van der Waals surface area contributed by atoms with Gasteiger partial charge in [0.05, 0.1) is 31.3 Å². The van der Waals surface area contributed by atoms with E-state index in [4.69, 9.17) is 19.4 Å². The second-order valence-electron chi connectivity index (χ2n) is 8.95. The Labute approximate surface area is 204 Å². The second kappa shape index (κ2) is 10.3. The zero-order chi connectivity index (χ0) is 24.2. The Balaban J connectivity index is 1.41. The Morgan fingerprint density at radius 1 is 0.943 bits per heavy atom. The summed E-state index contributed by atoms with van der Waals surface area (Å²) in [6.07, 6.45) is 4.33. The first-order valence-electron chi connectivity index (χ1n) is 12.1. The maximum Gasteiger partial charge on any atom is 0.229 e. The minimum Gasteiger partial charge on any atom is -0.497 e. The Hall–Kier alpha value is -3.68. The van der Waals surface area contributed by atoms with Gasteiger partial charge in [-0.2, -0.15) is 4.98 Å². The molecule has 0 saturated carbocycles. The van der Waals surface area contributed by atoms with E-state index in [2.05, 4.69) is 4.90 Å². The fourth-order valence-electron chi connectivity index (χ4n) is 4.55. The molecule has 0 bridgehead atoms. The van der Waals surface area contributed by atoms with Crippen LogP contribution in [0.4, 0.5) is 10.3 Å². The highest BCUT2D eigenvalue weighted by atomic mass is 19.1. The first kappa shape index (κ1) is 23.1. The zero-order valence-electron chi connectivity index (χ0n) is 19.9. The lowest BCUT2D eigenvalue weighted by molar-refractivity contribution is -0.131. The van der Waals surface area contributed by atoms with E-state index in [9.17, 15) is 9.18 Å². The third kappa shape index (κ3) is 5.37. The van der Waals surface area contributed by atoms with Crippen LogP contribution in [0.5, 0.6) is 17.4 Å². The van der Waals surface area contributed by atoms with Gasteiger partial charge in [-0.25, -0.2) is 9.37 Å². The molecule has 0 spiro atoms. The number of aromatic nitrogens is 2. The molecule has 2 aliphatic heterocycles. The van der Waals surface area contributed by atoms with Crippen molar-refractivity contribution in [1.29, 1.82) is 0 Å². The van der Waals surface area contributed by atoms with Crippen molar-refractivity contribution in [3.05, 3.63) is 71.2 Å². The second-order valence-corrected chi connectivity index (χ2v) is 8.95. The molecule has 0 atom stereocenters. The molecule has 182 valence electrons. The van der Waals surface area contributed by atoms with Crippen LogP contribution < -0.4 is 14.4 Å². The van der Waals surface area contributed by atoms with Crippen molar-refractivity contribution in [3.8, 4) is 17.4 Å². The van der Waals surface area contributed by atoms with Crippen LogP contribution in [0.25, 0.3) is 0 Å². The van der Waals surface area contributed by atoms with Crippen LogP contribution in [0.15, 0.2) is 48.5 Å². The molecule has 8 heteroatoms. The van der Waals surface area contributed by atoms with Crippen LogP contribution in [0.1, 0.15) is 36.1 Å². The van der Waals surface area contributed by atoms with E-state index in [0.29, 0.717) is 37.1 Å². The highest BCUT2D eigenvalue weighted by molar-refractivity contribution is 5.79. The molecule has 1 saturated heterocycles. The fourth-order valence-corrected chi connectivity index (χ4v) is 4.55. The lowest BCUT2D eigenvalue weighted by Gasteiger charge is -2.32. The Morgan fingerprint density at radius 3 is 2.37 bits per heavy atom. The smallest absolute Gasteiger partial charge is 0.229 e. The summed E-state index contributed by atoms with van der Waals surface area (Å²) in [6.45, 7) is 2.82. The van der Waals surface area contributed by atoms with Crippen molar-refractivity contribution in [2.45, 2.75) is 38.6 Å². The van der Waals surface area contributed by atoms with Crippen LogP contribution in [-0.2, 0) is 24.2 Å². The number of rotatable bonds is 6. The summed E-state index contributed by atoms with van der Waals surface area (Å²) in [5.41, 5.74) is 2.55. The summed E-state index contributed by atoms with van der Waals surface area (Å²) in [7, 11) is 1.62. The van der Waals surface area contributed by atoms with Gasteiger partial charge < -0.3 is 19.3 Å². The van der Waals surface area contributed by atoms with Crippen molar-refractivity contribution >= 4 is 11.9 Å². The van der Waals surface area contributed by atoms with E-state index >= 15 is 0 Å². The molecular weight excluding hydrogens is 447 g/mol.